The fraction of sp³-hybridized carbons (Fsp3) is 0.500. The number of benzene rings is 1. The van der Waals surface area contributed by atoms with Gasteiger partial charge in [-0.3, -0.25) is 4.79 Å². The first-order chi connectivity index (χ1) is 8.90. The van der Waals surface area contributed by atoms with Crippen LogP contribution in [0.4, 0.5) is 0 Å². The molecule has 1 rings (SSSR count). The van der Waals surface area contributed by atoms with Crippen LogP contribution < -0.4 is 5.32 Å². The summed E-state index contributed by atoms with van der Waals surface area (Å²) in [5.41, 5.74) is 0.989. The van der Waals surface area contributed by atoms with E-state index in [2.05, 4.69) is 5.32 Å². The van der Waals surface area contributed by atoms with Crippen LogP contribution in [0.3, 0.4) is 0 Å². The van der Waals surface area contributed by atoms with Gasteiger partial charge >= 0.3 is 5.97 Å². The Morgan fingerprint density at radius 3 is 2.53 bits per heavy atom. The van der Waals surface area contributed by atoms with Gasteiger partial charge in [0.1, 0.15) is 0 Å². The molecule has 0 bridgehead atoms. The molecule has 0 amide bonds. The van der Waals surface area contributed by atoms with Gasteiger partial charge in [-0.1, -0.05) is 43.1 Å². The number of carboxylic acid groups (broad SMARTS) is 1. The molecule has 1 aromatic rings. The predicted molar refractivity (Wildman–Crippen MR) is 78.7 cm³/mol. The highest BCUT2D eigenvalue weighted by Crippen LogP contribution is 2.22. The standard InChI is InChI=1S/C14H19Cl2NO2/c1-9(2)5-11(14(18)19)8-17-7-10-3-4-12(15)13(16)6-10/h3-4,6,9,11,17H,5,7-8H2,1-2H3,(H,18,19). The highest BCUT2D eigenvalue weighted by molar-refractivity contribution is 6.42. The lowest BCUT2D eigenvalue weighted by Gasteiger charge is -2.15. The number of aliphatic carboxylic acids is 1. The minimum atomic E-state index is -0.754. The first-order valence-electron chi connectivity index (χ1n) is 6.27. The Kier molecular flexibility index (Phi) is 6.63. The summed E-state index contributed by atoms with van der Waals surface area (Å²) in [6.45, 7) is 5.08. The maximum atomic E-state index is 11.1. The molecule has 0 spiro atoms. The first-order valence-corrected chi connectivity index (χ1v) is 7.03. The van der Waals surface area contributed by atoms with Gasteiger partial charge in [0.15, 0.2) is 0 Å². The molecule has 0 heterocycles. The zero-order valence-electron chi connectivity index (χ0n) is 11.1. The number of halogens is 2. The second-order valence-corrected chi connectivity index (χ2v) is 5.86. The largest absolute Gasteiger partial charge is 0.481 e. The van der Waals surface area contributed by atoms with Crippen LogP contribution in [-0.4, -0.2) is 17.6 Å². The molecule has 5 heteroatoms. The van der Waals surface area contributed by atoms with E-state index in [0.717, 1.165) is 5.56 Å². The number of nitrogens with one attached hydrogen (secondary N) is 1. The van der Waals surface area contributed by atoms with Gasteiger partial charge in [0, 0.05) is 13.1 Å². The van der Waals surface area contributed by atoms with E-state index in [1.54, 1.807) is 12.1 Å². The Morgan fingerprint density at radius 1 is 1.32 bits per heavy atom. The van der Waals surface area contributed by atoms with E-state index in [1.807, 2.05) is 19.9 Å². The fourth-order valence-electron chi connectivity index (χ4n) is 1.88. The normalized spacial score (nSPS) is 12.7. The quantitative estimate of drug-likeness (QED) is 0.805. The molecule has 2 N–H and O–H groups in total. The zero-order chi connectivity index (χ0) is 14.4. The molecular formula is C14H19Cl2NO2. The Morgan fingerprint density at radius 2 is 2.00 bits per heavy atom. The van der Waals surface area contributed by atoms with Crippen LogP contribution in [0.25, 0.3) is 0 Å². The third kappa shape index (κ3) is 5.81. The summed E-state index contributed by atoms with van der Waals surface area (Å²) < 4.78 is 0. The Hall–Kier alpha value is -0.770. The van der Waals surface area contributed by atoms with Gasteiger partial charge in [0.25, 0.3) is 0 Å². The molecule has 1 atom stereocenters. The van der Waals surface area contributed by atoms with Crippen molar-refractivity contribution in [1.82, 2.24) is 5.32 Å². The van der Waals surface area contributed by atoms with Crippen LogP contribution >= 0.6 is 23.2 Å². The molecular weight excluding hydrogens is 285 g/mol. The maximum absolute atomic E-state index is 11.1. The van der Waals surface area contributed by atoms with Gasteiger partial charge in [-0.15, -0.1) is 0 Å². The molecule has 0 saturated heterocycles. The summed E-state index contributed by atoms with van der Waals surface area (Å²) in [5, 5.41) is 13.3. The van der Waals surface area contributed by atoms with Crippen LogP contribution in [-0.2, 0) is 11.3 Å². The number of rotatable bonds is 7. The van der Waals surface area contributed by atoms with E-state index in [0.29, 0.717) is 35.5 Å². The lowest BCUT2D eigenvalue weighted by atomic mass is 9.97. The van der Waals surface area contributed by atoms with Gasteiger partial charge in [-0.05, 0) is 30.0 Å². The van der Waals surface area contributed by atoms with Crippen molar-refractivity contribution >= 4 is 29.2 Å². The fourth-order valence-corrected chi connectivity index (χ4v) is 2.20. The van der Waals surface area contributed by atoms with Crippen molar-refractivity contribution in [3.8, 4) is 0 Å². The molecule has 0 radical (unpaired) electrons. The smallest absolute Gasteiger partial charge is 0.307 e. The van der Waals surface area contributed by atoms with E-state index in [1.165, 1.54) is 0 Å². The van der Waals surface area contributed by atoms with E-state index < -0.39 is 5.97 Å². The average molecular weight is 304 g/mol. The SMILES string of the molecule is CC(C)CC(CNCc1ccc(Cl)c(Cl)c1)C(=O)O. The van der Waals surface area contributed by atoms with Crippen LogP contribution in [0.15, 0.2) is 18.2 Å². The van der Waals surface area contributed by atoms with Crippen molar-refractivity contribution in [2.45, 2.75) is 26.8 Å². The Labute approximate surface area is 123 Å². The number of hydrogen-bond donors (Lipinski definition) is 2. The van der Waals surface area contributed by atoms with Crippen LogP contribution in [0.2, 0.25) is 10.0 Å². The van der Waals surface area contributed by atoms with E-state index in [-0.39, 0.29) is 5.92 Å². The minimum Gasteiger partial charge on any atom is -0.481 e. The van der Waals surface area contributed by atoms with Crippen molar-refractivity contribution in [2.24, 2.45) is 11.8 Å². The second kappa shape index (κ2) is 7.73. The summed E-state index contributed by atoms with van der Waals surface area (Å²) in [4.78, 5) is 11.1. The van der Waals surface area contributed by atoms with Crippen LogP contribution in [0.5, 0.6) is 0 Å². The maximum Gasteiger partial charge on any atom is 0.307 e. The van der Waals surface area contributed by atoms with Gasteiger partial charge in [0.05, 0.1) is 16.0 Å². The third-order valence-electron chi connectivity index (χ3n) is 2.81. The van der Waals surface area contributed by atoms with E-state index in [9.17, 15) is 4.79 Å². The molecule has 0 aliphatic heterocycles. The molecule has 3 nitrogen and oxygen atoms in total. The van der Waals surface area contributed by atoms with E-state index >= 15 is 0 Å². The highest BCUT2D eigenvalue weighted by Gasteiger charge is 2.18. The van der Waals surface area contributed by atoms with Gasteiger partial charge in [-0.25, -0.2) is 0 Å². The number of carbonyl (C=O) groups is 1. The molecule has 19 heavy (non-hydrogen) atoms. The van der Waals surface area contributed by atoms with Crippen molar-refractivity contribution in [3.63, 3.8) is 0 Å². The topological polar surface area (TPSA) is 49.3 Å². The minimum absolute atomic E-state index is 0.359. The molecule has 0 fully saturated rings. The van der Waals surface area contributed by atoms with Gasteiger partial charge in [0.2, 0.25) is 0 Å². The Bertz CT molecular complexity index is 435. The lowest BCUT2D eigenvalue weighted by molar-refractivity contribution is -0.142. The summed E-state index contributed by atoms with van der Waals surface area (Å²) in [6, 6.07) is 5.40. The summed E-state index contributed by atoms with van der Waals surface area (Å²) in [6.07, 6.45) is 0.670. The summed E-state index contributed by atoms with van der Waals surface area (Å²) >= 11 is 11.8. The summed E-state index contributed by atoms with van der Waals surface area (Å²) in [5.74, 6) is -0.744. The van der Waals surface area contributed by atoms with Crippen LogP contribution in [0, 0.1) is 11.8 Å². The second-order valence-electron chi connectivity index (χ2n) is 5.04. The van der Waals surface area contributed by atoms with Crippen LogP contribution in [0.1, 0.15) is 25.8 Å². The molecule has 0 aliphatic rings. The lowest BCUT2D eigenvalue weighted by Crippen LogP contribution is -2.29. The van der Waals surface area contributed by atoms with Crippen molar-refractivity contribution in [1.29, 1.82) is 0 Å². The summed E-state index contributed by atoms with van der Waals surface area (Å²) in [7, 11) is 0. The first kappa shape index (κ1) is 16.3. The molecule has 0 saturated carbocycles. The predicted octanol–water partition coefficient (Wildman–Crippen LogP) is 3.83. The molecule has 0 aliphatic carbocycles. The zero-order valence-corrected chi connectivity index (χ0v) is 12.6. The van der Waals surface area contributed by atoms with E-state index in [4.69, 9.17) is 28.3 Å². The third-order valence-corrected chi connectivity index (χ3v) is 3.55. The van der Waals surface area contributed by atoms with Gasteiger partial charge in [-0.2, -0.15) is 0 Å². The molecule has 1 aromatic carbocycles. The van der Waals surface area contributed by atoms with Crippen molar-refractivity contribution in [2.75, 3.05) is 6.54 Å². The molecule has 0 aromatic heterocycles. The van der Waals surface area contributed by atoms with Crippen molar-refractivity contribution in [3.05, 3.63) is 33.8 Å². The highest BCUT2D eigenvalue weighted by atomic mass is 35.5. The number of hydrogen-bond acceptors (Lipinski definition) is 2. The van der Waals surface area contributed by atoms with Gasteiger partial charge < -0.3 is 10.4 Å². The average Bonchev–Trinajstić information content (AvgIpc) is 2.31. The monoisotopic (exact) mass is 303 g/mol. The molecule has 106 valence electrons. The van der Waals surface area contributed by atoms with Crippen molar-refractivity contribution < 1.29 is 9.90 Å². The Balaban J connectivity index is 2.47. The molecule has 1 unspecified atom stereocenters. The number of carboxylic acids is 1.